The molecule has 1 amide bonds. The first kappa shape index (κ1) is 15.7. The van der Waals surface area contributed by atoms with Gasteiger partial charge >= 0.3 is 5.97 Å². The Hall–Kier alpha value is -3.15. The largest absolute Gasteiger partial charge is 0.454 e. The summed E-state index contributed by atoms with van der Waals surface area (Å²) in [7, 11) is 0. The smallest absolute Gasteiger partial charge is 0.338 e. The second-order valence-corrected chi connectivity index (χ2v) is 5.49. The monoisotopic (exact) mass is 323 g/mol. The number of H-pyrrole nitrogens is 1. The summed E-state index contributed by atoms with van der Waals surface area (Å²) >= 11 is 0. The molecular weight excluding hydrogens is 306 g/mol. The van der Waals surface area contributed by atoms with E-state index in [0.717, 1.165) is 16.6 Å². The number of aromatic amines is 1. The molecule has 122 valence electrons. The van der Waals surface area contributed by atoms with Gasteiger partial charge < -0.3 is 15.0 Å². The van der Waals surface area contributed by atoms with Gasteiger partial charge in [0.1, 0.15) is 12.4 Å². The standard InChI is InChI=1S/C18H17N3O3/c1-11-7-8-13(9-16(11)19-12(2)22)18(23)24-10-17-20-14-5-3-4-6-15(14)21-17/h3-9H,10H2,1-2H3,(H,19,22)(H,20,21). The van der Waals surface area contributed by atoms with Crippen molar-refractivity contribution in [1.29, 1.82) is 0 Å². The van der Waals surface area contributed by atoms with Crippen molar-refractivity contribution in [2.24, 2.45) is 0 Å². The third kappa shape index (κ3) is 3.43. The van der Waals surface area contributed by atoms with Crippen molar-refractivity contribution in [2.45, 2.75) is 20.5 Å². The number of carbonyl (C=O) groups is 2. The molecule has 6 heteroatoms. The Morgan fingerprint density at radius 2 is 2.00 bits per heavy atom. The van der Waals surface area contributed by atoms with Gasteiger partial charge in [-0.3, -0.25) is 4.79 Å². The molecule has 0 saturated carbocycles. The molecule has 2 aromatic carbocycles. The maximum Gasteiger partial charge on any atom is 0.338 e. The number of imidazole rings is 1. The Morgan fingerprint density at radius 3 is 2.75 bits per heavy atom. The fourth-order valence-corrected chi connectivity index (χ4v) is 2.36. The summed E-state index contributed by atoms with van der Waals surface area (Å²) in [5, 5.41) is 2.69. The Balaban J connectivity index is 1.71. The van der Waals surface area contributed by atoms with Gasteiger partial charge in [0.2, 0.25) is 5.91 Å². The molecule has 3 aromatic rings. The van der Waals surface area contributed by atoms with Crippen LogP contribution in [0.5, 0.6) is 0 Å². The van der Waals surface area contributed by atoms with E-state index in [4.69, 9.17) is 4.74 Å². The molecule has 0 fully saturated rings. The van der Waals surface area contributed by atoms with Crippen LogP contribution in [0.4, 0.5) is 5.69 Å². The van der Waals surface area contributed by atoms with E-state index in [1.54, 1.807) is 18.2 Å². The van der Waals surface area contributed by atoms with Crippen LogP contribution in [0.25, 0.3) is 11.0 Å². The van der Waals surface area contributed by atoms with Crippen LogP contribution in [0.15, 0.2) is 42.5 Å². The first-order chi connectivity index (χ1) is 11.5. The first-order valence-corrected chi connectivity index (χ1v) is 7.52. The molecule has 0 unspecified atom stereocenters. The molecule has 6 nitrogen and oxygen atoms in total. The summed E-state index contributed by atoms with van der Waals surface area (Å²) in [5.74, 6) is -0.0771. The molecule has 0 radical (unpaired) electrons. The van der Waals surface area contributed by atoms with Gasteiger partial charge in [-0.05, 0) is 36.8 Å². The van der Waals surface area contributed by atoms with Gasteiger partial charge in [-0.1, -0.05) is 18.2 Å². The molecule has 1 aromatic heterocycles. The molecule has 2 N–H and O–H groups in total. The number of amides is 1. The topological polar surface area (TPSA) is 84.1 Å². The van der Waals surface area contributed by atoms with Crippen LogP contribution in [0.2, 0.25) is 0 Å². The van der Waals surface area contributed by atoms with Gasteiger partial charge in [0.05, 0.1) is 16.6 Å². The summed E-state index contributed by atoms with van der Waals surface area (Å²) in [6.07, 6.45) is 0. The van der Waals surface area contributed by atoms with E-state index in [1.807, 2.05) is 31.2 Å². The SMILES string of the molecule is CC(=O)Nc1cc(C(=O)OCc2nc3ccccc3[nH]2)ccc1C. The molecular formula is C18H17N3O3. The van der Waals surface area contributed by atoms with Gasteiger partial charge in [0.25, 0.3) is 0 Å². The van der Waals surface area contributed by atoms with Crippen LogP contribution in [-0.2, 0) is 16.1 Å². The number of benzene rings is 2. The van der Waals surface area contributed by atoms with Crippen LogP contribution >= 0.6 is 0 Å². The van der Waals surface area contributed by atoms with E-state index < -0.39 is 5.97 Å². The molecule has 0 spiro atoms. The summed E-state index contributed by atoms with van der Waals surface area (Å²) in [4.78, 5) is 30.9. The van der Waals surface area contributed by atoms with E-state index in [2.05, 4.69) is 15.3 Å². The number of fused-ring (bicyclic) bond motifs is 1. The summed E-state index contributed by atoms with van der Waals surface area (Å²) in [6.45, 7) is 3.33. The fraction of sp³-hybridized carbons (Fsp3) is 0.167. The third-order valence-electron chi connectivity index (χ3n) is 3.56. The maximum absolute atomic E-state index is 12.2. The number of para-hydroxylation sites is 2. The van der Waals surface area contributed by atoms with E-state index in [-0.39, 0.29) is 12.5 Å². The molecule has 0 bridgehead atoms. The van der Waals surface area contributed by atoms with E-state index in [9.17, 15) is 9.59 Å². The number of nitrogens with one attached hydrogen (secondary N) is 2. The molecule has 24 heavy (non-hydrogen) atoms. The highest BCUT2D eigenvalue weighted by molar-refractivity contribution is 5.94. The van der Waals surface area contributed by atoms with Crippen molar-refractivity contribution in [3.05, 3.63) is 59.4 Å². The highest BCUT2D eigenvalue weighted by atomic mass is 16.5. The van der Waals surface area contributed by atoms with E-state index in [1.165, 1.54) is 6.92 Å². The number of carbonyl (C=O) groups excluding carboxylic acids is 2. The Labute approximate surface area is 138 Å². The van der Waals surface area contributed by atoms with E-state index in [0.29, 0.717) is 17.1 Å². The average molecular weight is 323 g/mol. The zero-order valence-corrected chi connectivity index (χ0v) is 13.4. The number of aryl methyl sites for hydroxylation is 1. The normalized spacial score (nSPS) is 10.6. The van der Waals surface area contributed by atoms with Crippen molar-refractivity contribution in [3.8, 4) is 0 Å². The summed E-state index contributed by atoms with van der Waals surface area (Å²) in [5.41, 5.74) is 3.57. The number of ether oxygens (including phenoxy) is 1. The third-order valence-corrected chi connectivity index (χ3v) is 3.56. The highest BCUT2D eigenvalue weighted by Gasteiger charge is 2.12. The molecule has 0 aliphatic heterocycles. The molecule has 0 aliphatic carbocycles. The minimum absolute atomic E-state index is 0.0524. The van der Waals surface area contributed by atoms with Crippen molar-refractivity contribution in [3.63, 3.8) is 0 Å². The Bertz CT molecular complexity index is 882. The summed E-state index contributed by atoms with van der Waals surface area (Å²) < 4.78 is 5.30. The number of rotatable bonds is 4. The van der Waals surface area contributed by atoms with E-state index >= 15 is 0 Å². The first-order valence-electron chi connectivity index (χ1n) is 7.52. The quantitative estimate of drug-likeness (QED) is 0.722. The van der Waals surface area contributed by atoms with Crippen LogP contribution < -0.4 is 5.32 Å². The number of hydrogen-bond donors (Lipinski definition) is 2. The van der Waals surface area contributed by atoms with Crippen LogP contribution in [0.3, 0.4) is 0 Å². The number of aromatic nitrogens is 2. The zero-order valence-electron chi connectivity index (χ0n) is 13.4. The molecule has 1 heterocycles. The minimum atomic E-state index is -0.470. The molecule has 0 atom stereocenters. The van der Waals surface area contributed by atoms with Gasteiger partial charge in [-0.15, -0.1) is 0 Å². The maximum atomic E-state index is 12.2. The van der Waals surface area contributed by atoms with Gasteiger partial charge in [0.15, 0.2) is 0 Å². The van der Waals surface area contributed by atoms with Crippen molar-refractivity contribution in [2.75, 3.05) is 5.32 Å². The van der Waals surface area contributed by atoms with Crippen molar-refractivity contribution >= 4 is 28.6 Å². The van der Waals surface area contributed by atoms with Crippen molar-refractivity contribution in [1.82, 2.24) is 9.97 Å². The number of nitrogens with zero attached hydrogens (tertiary/aromatic N) is 1. The number of esters is 1. The molecule has 0 saturated heterocycles. The second-order valence-electron chi connectivity index (χ2n) is 5.49. The highest BCUT2D eigenvalue weighted by Crippen LogP contribution is 2.18. The predicted molar refractivity (Wildman–Crippen MR) is 90.7 cm³/mol. The Kier molecular flexibility index (Phi) is 4.29. The van der Waals surface area contributed by atoms with Crippen molar-refractivity contribution < 1.29 is 14.3 Å². The van der Waals surface area contributed by atoms with Crippen LogP contribution in [0, 0.1) is 6.92 Å². The minimum Gasteiger partial charge on any atom is -0.454 e. The zero-order chi connectivity index (χ0) is 17.1. The second kappa shape index (κ2) is 6.54. The molecule has 0 aliphatic rings. The van der Waals surface area contributed by atoms with Gasteiger partial charge in [-0.25, -0.2) is 9.78 Å². The lowest BCUT2D eigenvalue weighted by Crippen LogP contribution is -2.10. The van der Waals surface area contributed by atoms with Gasteiger partial charge in [0, 0.05) is 12.6 Å². The molecule has 3 rings (SSSR count). The van der Waals surface area contributed by atoms with Gasteiger partial charge in [-0.2, -0.15) is 0 Å². The lowest BCUT2D eigenvalue weighted by molar-refractivity contribution is -0.114. The lowest BCUT2D eigenvalue weighted by atomic mass is 10.1. The lowest BCUT2D eigenvalue weighted by Gasteiger charge is -2.09. The number of anilines is 1. The Morgan fingerprint density at radius 1 is 1.21 bits per heavy atom. The fourth-order valence-electron chi connectivity index (χ4n) is 2.36. The van der Waals surface area contributed by atoms with Crippen LogP contribution in [0.1, 0.15) is 28.7 Å². The van der Waals surface area contributed by atoms with Crippen LogP contribution in [-0.4, -0.2) is 21.8 Å². The number of hydrogen-bond acceptors (Lipinski definition) is 4. The predicted octanol–water partition coefficient (Wildman–Crippen LogP) is 3.19. The average Bonchev–Trinajstić information content (AvgIpc) is 2.97. The summed E-state index contributed by atoms with van der Waals surface area (Å²) in [6, 6.07) is 12.6.